The fourth-order valence-corrected chi connectivity index (χ4v) is 1.32. The van der Waals surface area contributed by atoms with Crippen molar-refractivity contribution >= 4 is 11.4 Å². The van der Waals surface area contributed by atoms with Crippen molar-refractivity contribution in [1.29, 1.82) is 0 Å². The fraction of sp³-hybridized carbons (Fsp3) is 0.455. The van der Waals surface area contributed by atoms with Crippen LogP contribution in [0.3, 0.4) is 0 Å². The first-order chi connectivity index (χ1) is 7.35. The molecule has 0 saturated carbocycles. The number of hydrogen-bond acceptors (Lipinski definition) is 4. The number of nitro benzene ring substituents is 1. The van der Waals surface area contributed by atoms with E-state index in [9.17, 15) is 10.1 Å². The van der Waals surface area contributed by atoms with Crippen LogP contribution in [-0.2, 0) is 0 Å². The van der Waals surface area contributed by atoms with E-state index in [0.29, 0.717) is 12.2 Å². The zero-order valence-electron chi connectivity index (χ0n) is 9.78. The van der Waals surface area contributed by atoms with Gasteiger partial charge in [-0.1, -0.05) is 6.07 Å². The van der Waals surface area contributed by atoms with Crippen molar-refractivity contribution in [2.75, 3.05) is 11.9 Å². The zero-order valence-corrected chi connectivity index (χ0v) is 9.78. The summed E-state index contributed by atoms with van der Waals surface area (Å²) in [7, 11) is 0. The van der Waals surface area contributed by atoms with E-state index >= 15 is 0 Å². The molecule has 0 saturated heterocycles. The summed E-state index contributed by atoms with van der Waals surface area (Å²) < 4.78 is 0. The van der Waals surface area contributed by atoms with E-state index in [4.69, 9.17) is 5.73 Å². The lowest BCUT2D eigenvalue weighted by Crippen LogP contribution is -2.39. The first kappa shape index (κ1) is 12.4. The molecule has 5 heteroatoms. The maximum Gasteiger partial charge on any atom is 0.292 e. The van der Waals surface area contributed by atoms with E-state index in [0.717, 1.165) is 5.56 Å². The molecule has 0 heterocycles. The van der Waals surface area contributed by atoms with E-state index in [1.54, 1.807) is 12.1 Å². The molecule has 0 spiro atoms. The second-order valence-electron chi connectivity index (χ2n) is 4.49. The second kappa shape index (κ2) is 4.49. The van der Waals surface area contributed by atoms with Crippen molar-refractivity contribution in [2.24, 2.45) is 5.73 Å². The van der Waals surface area contributed by atoms with Crippen LogP contribution in [-0.4, -0.2) is 17.0 Å². The molecule has 3 N–H and O–H groups in total. The summed E-state index contributed by atoms with van der Waals surface area (Å²) in [6.45, 7) is 6.10. The van der Waals surface area contributed by atoms with Crippen molar-refractivity contribution in [3.8, 4) is 0 Å². The molecule has 0 aliphatic carbocycles. The lowest BCUT2D eigenvalue weighted by atomic mass is 10.0. The molecule has 88 valence electrons. The molecule has 0 aliphatic rings. The van der Waals surface area contributed by atoms with Gasteiger partial charge in [0.1, 0.15) is 5.69 Å². The zero-order chi connectivity index (χ0) is 12.3. The van der Waals surface area contributed by atoms with Gasteiger partial charge in [-0.3, -0.25) is 10.1 Å². The highest BCUT2D eigenvalue weighted by Gasteiger charge is 2.20. The van der Waals surface area contributed by atoms with Gasteiger partial charge in [0.15, 0.2) is 0 Å². The summed E-state index contributed by atoms with van der Waals surface area (Å²) in [5.41, 5.74) is 6.79. The topological polar surface area (TPSA) is 81.2 Å². The third kappa shape index (κ3) is 2.93. The number of rotatable bonds is 4. The Kier molecular flexibility index (Phi) is 3.49. The number of nitrogens with two attached hydrogens (primary N) is 1. The minimum absolute atomic E-state index is 0.0760. The quantitative estimate of drug-likeness (QED) is 0.604. The normalized spacial score (nSPS) is 11.2. The van der Waals surface area contributed by atoms with E-state index in [1.807, 2.05) is 20.8 Å². The molecule has 0 radical (unpaired) electrons. The predicted octanol–water partition coefficient (Wildman–Crippen LogP) is 2.05. The predicted molar refractivity (Wildman–Crippen MR) is 64.6 cm³/mol. The summed E-state index contributed by atoms with van der Waals surface area (Å²) >= 11 is 0. The summed E-state index contributed by atoms with van der Waals surface area (Å²) in [4.78, 5) is 10.4. The van der Waals surface area contributed by atoms with Crippen molar-refractivity contribution < 1.29 is 4.92 Å². The highest BCUT2D eigenvalue weighted by molar-refractivity contribution is 5.63. The van der Waals surface area contributed by atoms with Gasteiger partial charge in [-0.05, 0) is 32.4 Å². The van der Waals surface area contributed by atoms with Gasteiger partial charge in [-0.2, -0.15) is 0 Å². The molecule has 0 aliphatic heterocycles. The monoisotopic (exact) mass is 223 g/mol. The van der Waals surface area contributed by atoms with Crippen LogP contribution in [0.5, 0.6) is 0 Å². The summed E-state index contributed by atoms with van der Waals surface area (Å²) in [5, 5.41) is 13.9. The van der Waals surface area contributed by atoms with Gasteiger partial charge in [-0.15, -0.1) is 0 Å². The average Bonchev–Trinajstić information content (AvgIpc) is 2.16. The summed E-state index contributed by atoms with van der Waals surface area (Å²) in [6, 6.07) is 4.98. The molecule has 0 fully saturated rings. The van der Waals surface area contributed by atoms with Crippen LogP contribution in [0.15, 0.2) is 18.2 Å². The largest absolute Gasteiger partial charge is 0.373 e. The van der Waals surface area contributed by atoms with E-state index in [1.165, 1.54) is 6.07 Å². The molecule has 0 amide bonds. The number of benzene rings is 1. The number of nitrogens with zero attached hydrogens (tertiary/aromatic N) is 1. The van der Waals surface area contributed by atoms with Crippen LogP contribution in [0.2, 0.25) is 0 Å². The average molecular weight is 223 g/mol. The Morgan fingerprint density at radius 1 is 1.50 bits per heavy atom. The third-order valence-corrected chi connectivity index (χ3v) is 2.33. The van der Waals surface area contributed by atoms with Gasteiger partial charge in [0.25, 0.3) is 5.69 Å². The van der Waals surface area contributed by atoms with Crippen molar-refractivity contribution in [3.63, 3.8) is 0 Å². The Morgan fingerprint density at radius 3 is 2.62 bits per heavy atom. The lowest BCUT2D eigenvalue weighted by molar-refractivity contribution is -0.384. The molecule has 16 heavy (non-hydrogen) atoms. The molecule has 0 unspecified atom stereocenters. The first-order valence-corrected chi connectivity index (χ1v) is 5.09. The minimum atomic E-state index is -0.394. The van der Waals surface area contributed by atoms with Gasteiger partial charge in [-0.25, -0.2) is 0 Å². The standard InChI is InChI=1S/C11H17N3O2/c1-8-4-5-10(14(15)16)9(6-8)13-11(2,3)7-12/h4-6,13H,7,12H2,1-3H3. The van der Waals surface area contributed by atoms with Crippen LogP contribution in [0.1, 0.15) is 19.4 Å². The number of nitro groups is 1. The van der Waals surface area contributed by atoms with Crippen LogP contribution >= 0.6 is 0 Å². The Hall–Kier alpha value is -1.62. The Bertz CT molecular complexity index is 402. The smallest absolute Gasteiger partial charge is 0.292 e. The number of aryl methyl sites for hydroxylation is 1. The van der Waals surface area contributed by atoms with Gasteiger partial charge in [0, 0.05) is 18.2 Å². The maximum absolute atomic E-state index is 10.8. The molecular weight excluding hydrogens is 206 g/mol. The van der Waals surface area contributed by atoms with Gasteiger partial charge < -0.3 is 11.1 Å². The van der Waals surface area contributed by atoms with E-state index in [2.05, 4.69) is 5.32 Å². The Balaban J connectivity index is 3.10. The highest BCUT2D eigenvalue weighted by atomic mass is 16.6. The summed E-state index contributed by atoms with van der Waals surface area (Å²) in [6.07, 6.45) is 0. The molecule has 0 bridgehead atoms. The van der Waals surface area contributed by atoms with Gasteiger partial charge in [0.05, 0.1) is 4.92 Å². The van der Waals surface area contributed by atoms with E-state index in [-0.39, 0.29) is 11.2 Å². The lowest BCUT2D eigenvalue weighted by Gasteiger charge is -2.25. The molecule has 1 aromatic carbocycles. The third-order valence-electron chi connectivity index (χ3n) is 2.33. The first-order valence-electron chi connectivity index (χ1n) is 5.09. The number of nitrogens with one attached hydrogen (secondary N) is 1. The van der Waals surface area contributed by atoms with Gasteiger partial charge in [0.2, 0.25) is 0 Å². The molecule has 1 rings (SSSR count). The molecule has 1 aromatic rings. The highest BCUT2D eigenvalue weighted by Crippen LogP contribution is 2.27. The van der Waals surface area contributed by atoms with Crippen molar-refractivity contribution in [1.82, 2.24) is 0 Å². The Labute approximate surface area is 94.8 Å². The van der Waals surface area contributed by atoms with Crippen LogP contribution < -0.4 is 11.1 Å². The van der Waals surface area contributed by atoms with Crippen LogP contribution in [0, 0.1) is 17.0 Å². The summed E-state index contributed by atoms with van der Waals surface area (Å²) in [5.74, 6) is 0. The minimum Gasteiger partial charge on any atom is -0.373 e. The van der Waals surface area contributed by atoms with E-state index < -0.39 is 4.92 Å². The second-order valence-corrected chi connectivity index (χ2v) is 4.49. The Morgan fingerprint density at radius 2 is 2.12 bits per heavy atom. The molecule has 5 nitrogen and oxygen atoms in total. The fourth-order valence-electron chi connectivity index (χ4n) is 1.32. The van der Waals surface area contributed by atoms with Crippen molar-refractivity contribution in [2.45, 2.75) is 26.3 Å². The molecule has 0 aromatic heterocycles. The van der Waals surface area contributed by atoms with Crippen LogP contribution in [0.25, 0.3) is 0 Å². The molecular formula is C11H17N3O2. The number of anilines is 1. The van der Waals surface area contributed by atoms with Crippen LogP contribution in [0.4, 0.5) is 11.4 Å². The molecule has 0 atom stereocenters. The van der Waals surface area contributed by atoms with Crippen molar-refractivity contribution in [3.05, 3.63) is 33.9 Å². The SMILES string of the molecule is Cc1ccc([N+](=O)[O-])c(NC(C)(C)CN)c1. The maximum atomic E-state index is 10.8. The van der Waals surface area contributed by atoms with Gasteiger partial charge >= 0.3 is 0 Å². The number of hydrogen-bond donors (Lipinski definition) is 2.